The van der Waals surface area contributed by atoms with Crippen molar-refractivity contribution < 1.29 is 4.39 Å². The zero-order valence-electron chi connectivity index (χ0n) is 11.0. The maximum Gasteiger partial charge on any atom is 0.123 e. The normalized spacial score (nSPS) is 12.7. The van der Waals surface area contributed by atoms with Crippen molar-refractivity contribution in [3.05, 3.63) is 51.5 Å². The van der Waals surface area contributed by atoms with Crippen LogP contribution in [0.15, 0.2) is 28.7 Å². The molecule has 102 valence electrons. The van der Waals surface area contributed by atoms with E-state index in [-0.39, 0.29) is 11.9 Å². The Kier molecular flexibility index (Phi) is 4.37. The quantitative estimate of drug-likeness (QED) is 0.936. The fourth-order valence-corrected chi connectivity index (χ4v) is 2.55. The number of halogens is 2. The Morgan fingerprint density at radius 3 is 2.58 bits per heavy atom. The first-order valence-corrected chi connectivity index (χ1v) is 7.05. The Morgan fingerprint density at radius 1 is 1.37 bits per heavy atom. The monoisotopic (exact) mass is 325 g/mol. The van der Waals surface area contributed by atoms with Gasteiger partial charge in [0.2, 0.25) is 0 Å². The first-order valence-electron chi connectivity index (χ1n) is 6.25. The molecule has 3 nitrogen and oxygen atoms in total. The molecule has 0 aliphatic carbocycles. The molecule has 5 heteroatoms. The summed E-state index contributed by atoms with van der Waals surface area (Å²) in [6.45, 7) is 4.81. The molecule has 0 spiro atoms. The number of hydrogen-bond acceptors (Lipinski definition) is 2. The lowest BCUT2D eigenvalue weighted by Gasteiger charge is -2.13. The number of aryl methyl sites for hydroxylation is 2. The van der Waals surface area contributed by atoms with Gasteiger partial charge in [0.1, 0.15) is 5.82 Å². The van der Waals surface area contributed by atoms with Gasteiger partial charge < -0.3 is 5.73 Å². The van der Waals surface area contributed by atoms with E-state index in [1.54, 1.807) is 12.1 Å². The Labute approximate surface area is 120 Å². The van der Waals surface area contributed by atoms with Gasteiger partial charge in [-0.2, -0.15) is 5.10 Å². The van der Waals surface area contributed by atoms with Gasteiger partial charge in [0, 0.05) is 19.0 Å². The number of nitrogens with zero attached hydrogens (tertiary/aromatic N) is 2. The summed E-state index contributed by atoms with van der Waals surface area (Å²) < 4.78 is 15.9. The van der Waals surface area contributed by atoms with Crippen LogP contribution >= 0.6 is 15.9 Å². The minimum atomic E-state index is -0.244. The standard InChI is InChI=1S/C14H17BrFN3/c1-3-19-13(14(15)9(2)18-19)8-12(17)10-4-6-11(16)7-5-10/h4-7,12H,3,8,17H2,1-2H3. The van der Waals surface area contributed by atoms with Crippen molar-refractivity contribution in [2.75, 3.05) is 0 Å². The van der Waals surface area contributed by atoms with Gasteiger partial charge in [0.25, 0.3) is 0 Å². The van der Waals surface area contributed by atoms with E-state index in [1.165, 1.54) is 12.1 Å². The van der Waals surface area contributed by atoms with Crippen molar-refractivity contribution in [3.8, 4) is 0 Å². The Balaban J connectivity index is 2.23. The topological polar surface area (TPSA) is 43.8 Å². The Hall–Kier alpha value is -1.20. The molecular weight excluding hydrogens is 309 g/mol. The number of benzene rings is 1. The smallest absolute Gasteiger partial charge is 0.123 e. The molecule has 1 atom stereocenters. The van der Waals surface area contributed by atoms with E-state index in [9.17, 15) is 4.39 Å². The van der Waals surface area contributed by atoms with Gasteiger partial charge in [-0.25, -0.2) is 4.39 Å². The van der Waals surface area contributed by atoms with Gasteiger partial charge >= 0.3 is 0 Å². The minimum Gasteiger partial charge on any atom is -0.324 e. The molecule has 0 fully saturated rings. The molecule has 0 radical (unpaired) electrons. The van der Waals surface area contributed by atoms with Crippen LogP contribution < -0.4 is 5.73 Å². The van der Waals surface area contributed by atoms with Crippen molar-refractivity contribution in [2.45, 2.75) is 32.9 Å². The lowest BCUT2D eigenvalue weighted by Crippen LogP contribution is -2.16. The first kappa shape index (κ1) is 14.2. The van der Waals surface area contributed by atoms with E-state index in [0.29, 0.717) is 6.42 Å². The first-order chi connectivity index (χ1) is 9.02. The van der Waals surface area contributed by atoms with Crippen LogP contribution in [-0.4, -0.2) is 9.78 Å². The van der Waals surface area contributed by atoms with E-state index in [0.717, 1.165) is 28.0 Å². The second-order valence-electron chi connectivity index (χ2n) is 4.52. The molecular formula is C14H17BrFN3. The number of nitrogens with two attached hydrogens (primary N) is 1. The molecule has 2 rings (SSSR count). The van der Waals surface area contributed by atoms with Crippen molar-refractivity contribution in [2.24, 2.45) is 5.73 Å². The fourth-order valence-electron chi connectivity index (χ4n) is 2.10. The molecule has 0 saturated heterocycles. The highest BCUT2D eigenvalue weighted by atomic mass is 79.9. The zero-order chi connectivity index (χ0) is 14.0. The highest BCUT2D eigenvalue weighted by Crippen LogP contribution is 2.25. The molecule has 1 heterocycles. The molecule has 0 bridgehead atoms. The van der Waals surface area contributed by atoms with Crippen LogP contribution in [0.4, 0.5) is 4.39 Å². The maximum absolute atomic E-state index is 12.9. The second kappa shape index (κ2) is 5.84. The van der Waals surface area contributed by atoms with Crippen LogP contribution in [0.25, 0.3) is 0 Å². The molecule has 0 aliphatic heterocycles. The lowest BCUT2D eigenvalue weighted by atomic mass is 10.0. The minimum absolute atomic E-state index is 0.168. The Bertz CT molecular complexity index is 563. The predicted octanol–water partition coefficient (Wildman–Crippen LogP) is 3.36. The Morgan fingerprint density at radius 2 is 2.00 bits per heavy atom. The van der Waals surface area contributed by atoms with Crippen LogP contribution in [0.3, 0.4) is 0 Å². The van der Waals surface area contributed by atoms with E-state index >= 15 is 0 Å². The van der Waals surface area contributed by atoms with Gasteiger partial charge in [0.15, 0.2) is 0 Å². The van der Waals surface area contributed by atoms with Crippen LogP contribution in [0.1, 0.15) is 29.9 Å². The van der Waals surface area contributed by atoms with Crippen LogP contribution in [0.2, 0.25) is 0 Å². The summed E-state index contributed by atoms with van der Waals surface area (Å²) in [5.41, 5.74) is 9.16. The molecule has 1 aromatic carbocycles. The lowest BCUT2D eigenvalue weighted by molar-refractivity contribution is 0.584. The highest BCUT2D eigenvalue weighted by molar-refractivity contribution is 9.10. The van der Waals surface area contributed by atoms with Crippen LogP contribution in [0, 0.1) is 12.7 Å². The van der Waals surface area contributed by atoms with Crippen molar-refractivity contribution in [3.63, 3.8) is 0 Å². The summed E-state index contributed by atoms with van der Waals surface area (Å²) in [5.74, 6) is -0.244. The molecule has 1 aromatic heterocycles. The molecule has 2 aromatic rings. The van der Waals surface area contributed by atoms with Crippen LogP contribution in [0.5, 0.6) is 0 Å². The second-order valence-corrected chi connectivity index (χ2v) is 5.32. The molecule has 2 N–H and O–H groups in total. The third kappa shape index (κ3) is 3.04. The van der Waals surface area contributed by atoms with Gasteiger partial charge in [-0.05, 0) is 47.5 Å². The number of hydrogen-bond donors (Lipinski definition) is 1. The summed E-state index contributed by atoms with van der Waals surface area (Å²) in [5, 5.41) is 4.44. The largest absolute Gasteiger partial charge is 0.324 e. The van der Waals surface area contributed by atoms with Gasteiger partial charge in [-0.1, -0.05) is 12.1 Å². The summed E-state index contributed by atoms with van der Waals surface area (Å²) in [4.78, 5) is 0. The van der Waals surface area contributed by atoms with Crippen molar-refractivity contribution >= 4 is 15.9 Å². The summed E-state index contributed by atoms with van der Waals surface area (Å²) in [6, 6.07) is 6.17. The van der Waals surface area contributed by atoms with Gasteiger partial charge in [-0.3, -0.25) is 4.68 Å². The van der Waals surface area contributed by atoms with E-state index in [4.69, 9.17) is 5.73 Å². The van der Waals surface area contributed by atoms with Gasteiger partial charge in [0.05, 0.1) is 15.9 Å². The fraction of sp³-hybridized carbons (Fsp3) is 0.357. The molecule has 0 saturated carbocycles. The SMILES string of the molecule is CCn1nc(C)c(Br)c1CC(N)c1ccc(F)cc1. The third-order valence-corrected chi connectivity index (χ3v) is 4.20. The van der Waals surface area contributed by atoms with E-state index in [2.05, 4.69) is 21.0 Å². The number of rotatable bonds is 4. The van der Waals surface area contributed by atoms with E-state index in [1.807, 2.05) is 18.5 Å². The highest BCUT2D eigenvalue weighted by Gasteiger charge is 2.16. The van der Waals surface area contributed by atoms with Crippen LogP contribution in [-0.2, 0) is 13.0 Å². The molecule has 0 aliphatic rings. The van der Waals surface area contributed by atoms with Crippen molar-refractivity contribution in [1.82, 2.24) is 9.78 Å². The molecule has 19 heavy (non-hydrogen) atoms. The zero-order valence-corrected chi connectivity index (χ0v) is 12.6. The predicted molar refractivity (Wildman–Crippen MR) is 77.4 cm³/mol. The van der Waals surface area contributed by atoms with E-state index < -0.39 is 0 Å². The summed E-state index contributed by atoms with van der Waals surface area (Å²) in [6.07, 6.45) is 0.668. The summed E-state index contributed by atoms with van der Waals surface area (Å²) in [7, 11) is 0. The summed E-state index contributed by atoms with van der Waals surface area (Å²) >= 11 is 3.56. The van der Waals surface area contributed by atoms with Crippen molar-refractivity contribution in [1.29, 1.82) is 0 Å². The third-order valence-electron chi connectivity index (χ3n) is 3.16. The number of aromatic nitrogens is 2. The molecule has 0 amide bonds. The maximum atomic E-state index is 12.9. The average molecular weight is 326 g/mol. The average Bonchev–Trinajstić information content (AvgIpc) is 2.67. The molecule has 1 unspecified atom stereocenters. The van der Waals surface area contributed by atoms with Gasteiger partial charge in [-0.15, -0.1) is 0 Å².